The molecule has 4 heterocycles. The van der Waals surface area contributed by atoms with Gasteiger partial charge in [0, 0.05) is 28.6 Å². The molecule has 36 heavy (non-hydrogen) atoms. The molecule has 0 spiro atoms. The molecule has 2 aliphatic rings. The molecule has 5 rings (SSSR count). The number of pyridine rings is 2. The molecule has 2 aliphatic heterocycles. The van der Waals surface area contributed by atoms with Gasteiger partial charge in [0.2, 0.25) is 5.60 Å². The predicted octanol–water partition coefficient (Wildman–Crippen LogP) is 2.77. The van der Waals surface area contributed by atoms with E-state index in [0.717, 1.165) is 16.5 Å². The lowest BCUT2D eigenvalue weighted by molar-refractivity contribution is -0.176. The summed E-state index contributed by atoms with van der Waals surface area (Å²) < 4.78 is 13.0. The SMILES string of the molecule is C=C(O[C@]1(CC)C(=O)OCc2c1cc1n(c2=O)Cc2cc3c(CN(C)C)c(O)ccc3nc2-1)[C@H](C)O. The van der Waals surface area contributed by atoms with Crippen LogP contribution in [0, 0.1) is 0 Å². The zero-order valence-electron chi connectivity index (χ0n) is 20.8. The first-order valence-corrected chi connectivity index (χ1v) is 11.9. The number of esters is 1. The second kappa shape index (κ2) is 8.46. The molecule has 0 amide bonds. The van der Waals surface area contributed by atoms with E-state index >= 15 is 0 Å². The van der Waals surface area contributed by atoms with Crippen LogP contribution < -0.4 is 5.56 Å². The van der Waals surface area contributed by atoms with Crippen molar-refractivity contribution >= 4 is 16.9 Å². The molecule has 0 bridgehead atoms. The zero-order valence-corrected chi connectivity index (χ0v) is 20.8. The Hall–Kier alpha value is -3.69. The molecule has 0 saturated carbocycles. The minimum absolute atomic E-state index is 0.0139. The average Bonchev–Trinajstić information content (AvgIpc) is 3.19. The molecule has 9 heteroatoms. The number of rotatable bonds is 6. The molecule has 188 valence electrons. The van der Waals surface area contributed by atoms with Gasteiger partial charge in [0.25, 0.3) is 5.56 Å². The number of phenolic OH excluding ortho intramolecular Hbond substituents is 1. The number of hydrogen-bond acceptors (Lipinski definition) is 8. The molecule has 2 atom stereocenters. The number of cyclic esters (lactones) is 1. The Morgan fingerprint density at radius 2 is 2.08 bits per heavy atom. The summed E-state index contributed by atoms with van der Waals surface area (Å²) in [6, 6.07) is 7.14. The van der Waals surface area contributed by atoms with E-state index < -0.39 is 17.7 Å². The lowest BCUT2D eigenvalue weighted by Crippen LogP contribution is -2.46. The van der Waals surface area contributed by atoms with E-state index in [-0.39, 0.29) is 30.1 Å². The van der Waals surface area contributed by atoms with Crippen molar-refractivity contribution in [1.82, 2.24) is 14.5 Å². The van der Waals surface area contributed by atoms with Crippen molar-refractivity contribution in [1.29, 1.82) is 0 Å². The zero-order chi connectivity index (χ0) is 25.9. The Bertz CT molecular complexity index is 1490. The minimum Gasteiger partial charge on any atom is -0.508 e. The molecule has 0 aliphatic carbocycles. The number of aromatic hydroxyl groups is 1. The second-order valence-corrected chi connectivity index (χ2v) is 9.68. The maximum atomic E-state index is 13.6. The smallest absolute Gasteiger partial charge is 0.355 e. The van der Waals surface area contributed by atoms with E-state index in [1.807, 2.05) is 25.1 Å². The molecule has 0 fully saturated rings. The van der Waals surface area contributed by atoms with Crippen LogP contribution in [0.3, 0.4) is 0 Å². The fourth-order valence-corrected chi connectivity index (χ4v) is 5.05. The van der Waals surface area contributed by atoms with Crippen LogP contribution in [0.1, 0.15) is 42.5 Å². The maximum Gasteiger partial charge on any atom is 0.355 e. The van der Waals surface area contributed by atoms with Gasteiger partial charge >= 0.3 is 5.97 Å². The average molecular weight is 492 g/mol. The fourth-order valence-electron chi connectivity index (χ4n) is 5.05. The van der Waals surface area contributed by atoms with E-state index in [4.69, 9.17) is 14.5 Å². The van der Waals surface area contributed by atoms with Gasteiger partial charge in [0.05, 0.1) is 29.0 Å². The van der Waals surface area contributed by atoms with Gasteiger partial charge in [-0.15, -0.1) is 0 Å². The Morgan fingerprint density at radius 3 is 2.75 bits per heavy atom. The molecule has 3 aromatic rings. The van der Waals surface area contributed by atoms with Gasteiger partial charge in [-0.1, -0.05) is 13.5 Å². The molecule has 9 nitrogen and oxygen atoms in total. The minimum atomic E-state index is -1.60. The molecule has 0 saturated heterocycles. The van der Waals surface area contributed by atoms with E-state index in [2.05, 4.69) is 6.58 Å². The van der Waals surface area contributed by atoms with E-state index in [0.29, 0.717) is 41.1 Å². The molecule has 2 aromatic heterocycles. The number of hydrogen-bond donors (Lipinski definition) is 2. The normalized spacial score (nSPS) is 19.0. The lowest BCUT2D eigenvalue weighted by Gasteiger charge is -2.37. The quantitative estimate of drug-likeness (QED) is 0.313. The van der Waals surface area contributed by atoms with E-state index in [1.165, 1.54) is 6.92 Å². The fraction of sp³-hybridized carbons (Fsp3) is 0.370. The number of aliphatic hydroxyl groups is 1. The molecule has 0 unspecified atom stereocenters. The highest BCUT2D eigenvalue weighted by molar-refractivity contribution is 5.89. The third kappa shape index (κ3) is 3.50. The van der Waals surface area contributed by atoms with Crippen molar-refractivity contribution in [2.75, 3.05) is 14.1 Å². The topological polar surface area (TPSA) is 114 Å². The number of carbonyl (C=O) groups is 1. The Morgan fingerprint density at radius 1 is 1.33 bits per heavy atom. The van der Waals surface area contributed by atoms with Crippen LogP contribution in [0.15, 0.2) is 41.4 Å². The summed E-state index contributed by atoms with van der Waals surface area (Å²) >= 11 is 0. The predicted molar refractivity (Wildman–Crippen MR) is 133 cm³/mol. The number of nitrogens with zero attached hydrogens (tertiary/aromatic N) is 3. The van der Waals surface area contributed by atoms with Crippen molar-refractivity contribution in [3.05, 3.63) is 69.2 Å². The van der Waals surface area contributed by atoms with Gasteiger partial charge in [-0.3, -0.25) is 4.79 Å². The molecule has 0 radical (unpaired) electrons. The summed E-state index contributed by atoms with van der Waals surface area (Å²) in [5.74, 6) is -0.419. The first-order chi connectivity index (χ1) is 17.1. The van der Waals surface area contributed by atoms with Gasteiger partial charge in [0.15, 0.2) is 0 Å². The summed E-state index contributed by atoms with van der Waals surface area (Å²) in [6.07, 6.45) is -0.831. The number of benzene rings is 1. The van der Waals surface area contributed by atoms with Gasteiger partial charge < -0.3 is 29.2 Å². The molecular formula is C27H29N3O6. The lowest BCUT2D eigenvalue weighted by atomic mass is 9.85. The second-order valence-electron chi connectivity index (χ2n) is 9.68. The largest absolute Gasteiger partial charge is 0.508 e. The maximum absolute atomic E-state index is 13.6. The summed E-state index contributed by atoms with van der Waals surface area (Å²) in [6.45, 7) is 7.69. The number of carbonyl (C=O) groups excluding carboxylic acids is 1. The van der Waals surface area contributed by atoms with Crippen LogP contribution >= 0.6 is 0 Å². The summed E-state index contributed by atoms with van der Waals surface area (Å²) in [5.41, 5.74) is 2.40. The highest BCUT2D eigenvalue weighted by Gasteiger charge is 2.49. The van der Waals surface area contributed by atoms with E-state index in [9.17, 15) is 19.8 Å². The van der Waals surface area contributed by atoms with Gasteiger partial charge in [0.1, 0.15) is 24.2 Å². The molecule has 2 N–H and O–H groups in total. The standard InChI is InChI=1S/C27H29N3O6/c1-6-27(36-15(3)14(2)31)20-10-22-24-16(11-30(22)25(33)19(20)13-35-26(27)34)9-17-18(12-29(4)5)23(32)8-7-21(17)28-24/h7-10,14,31-32H,3,6,11-13H2,1-2,4-5H3/t14-,27-/m0/s1. The number of ether oxygens (including phenoxy) is 2. The van der Waals surface area contributed by atoms with Gasteiger partial charge in [-0.2, -0.15) is 0 Å². The number of aliphatic hydroxyl groups excluding tert-OH is 1. The first-order valence-electron chi connectivity index (χ1n) is 11.9. The number of fused-ring (bicyclic) bond motifs is 5. The third-order valence-corrected chi connectivity index (χ3v) is 6.99. The third-order valence-electron chi connectivity index (χ3n) is 6.99. The Labute approximate surface area is 208 Å². The Balaban J connectivity index is 1.72. The van der Waals surface area contributed by atoms with Crippen LogP contribution in [-0.2, 0) is 39.6 Å². The summed E-state index contributed by atoms with van der Waals surface area (Å²) in [5, 5.41) is 21.3. The summed E-state index contributed by atoms with van der Waals surface area (Å²) in [4.78, 5) is 33.5. The van der Waals surface area contributed by atoms with Crippen LogP contribution in [-0.4, -0.2) is 50.8 Å². The van der Waals surface area contributed by atoms with Crippen molar-refractivity contribution in [2.45, 2.75) is 51.7 Å². The van der Waals surface area contributed by atoms with Crippen molar-refractivity contribution in [3.63, 3.8) is 0 Å². The van der Waals surface area contributed by atoms with Crippen LogP contribution in [0.25, 0.3) is 22.3 Å². The summed E-state index contributed by atoms with van der Waals surface area (Å²) in [7, 11) is 3.85. The van der Waals surface area contributed by atoms with E-state index in [1.54, 1.807) is 29.7 Å². The highest BCUT2D eigenvalue weighted by atomic mass is 16.6. The van der Waals surface area contributed by atoms with Crippen LogP contribution in [0.5, 0.6) is 5.75 Å². The first kappa shape index (κ1) is 24.0. The number of phenols is 1. The molecular weight excluding hydrogens is 462 g/mol. The van der Waals surface area contributed by atoms with Crippen LogP contribution in [0.2, 0.25) is 0 Å². The van der Waals surface area contributed by atoms with Gasteiger partial charge in [-0.25, -0.2) is 9.78 Å². The van der Waals surface area contributed by atoms with Crippen molar-refractivity contribution < 1.29 is 24.5 Å². The monoisotopic (exact) mass is 491 g/mol. The highest BCUT2D eigenvalue weighted by Crippen LogP contribution is 2.42. The Kier molecular flexibility index (Phi) is 5.65. The van der Waals surface area contributed by atoms with Crippen molar-refractivity contribution in [2.24, 2.45) is 0 Å². The number of aromatic nitrogens is 2. The molecule has 1 aromatic carbocycles. The van der Waals surface area contributed by atoms with Crippen molar-refractivity contribution in [3.8, 4) is 17.1 Å². The van der Waals surface area contributed by atoms with Crippen LogP contribution in [0.4, 0.5) is 0 Å². The van der Waals surface area contributed by atoms with Gasteiger partial charge in [-0.05, 0) is 51.7 Å².